The maximum Gasteiger partial charge on any atom is 0.246 e. The lowest BCUT2D eigenvalue weighted by Crippen LogP contribution is -2.51. The van der Waals surface area contributed by atoms with Crippen LogP contribution in [-0.2, 0) is 9.59 Å². The Morgan fingerprint density at radius 2 is 1.92 bits per heavy atom. The summed E-state index contributed by atoms with van der Waals surface area (Å²) in [6.07, 6.45) is 0. The average molecular weight is 353 g/mol. The summed E-state index contributed by atoms with van der Waals surface area (Å²) in [7, 11) is 0. The maximum absolute atomic E-state index is 13.1. The lowest BCUT2D eigenvalue weighted by atomic mass is 10.0. The van der Waals surface area contributed by atoms with Crippen molar-refractivity contribution in [1.82, 2.24) is 10.2 Å². The van der Waals surface area contributed by atoms with E-state index in [4.69, 9.17) is 4.74 Å². The minimum atomic E-state index is -0.545. The van der Waals surface area contributed by atoms with Gasteiger partial charge in [-0.05, 0) is 24.6 Å². The molecule has 1 unspecified atom stereocenters. The summed E-state index contributed by atoms with van der Waals surface area (Å²) in [6.45, 7) is 3.76. The van der Waals surface area contributed by atoms with Crippen molar-refractivity contribution >= 4 is 17.5 Å². The number of para-hydroxylation sites is 2. The molecule has 1 atom stereocenters. The molecule has 1 saturated heterocycles. The number of hydrogen-bond donors (Lipinski definition) is 2. The fraction of sp³-hybridized carbons (Fsp3) is 0.300. The molecular weight excluding hydrogens is 330 g/mol. The van der Waals surface area contributed by atoms with Crippen LogP contribution >= 0.6 is 0 Å². The van der Waals surface area contributed by atoms with Crippen LogP contribution in [0.5, 0.6) is 5.75 Å². The van der Waals surface area contributed by atoms with Crippen molar-refractivity contribution < 1.29 is 14.3 Å². The van der Waals surface area contributed by atoms with Crippen LogP contribution in [0.3, 0.4) is 0 Å². The molecule has 2 aromatic rings. The number of amides is 2. The molecule has 1 aliphatic heterocycles. The number of carbonyl (C=O) groups is 2. The van der Waals surface area contributed by atoms with Crippen molar-refractivity contribution in [1.29, 1.82) is 0 Å². The van der Waals surface area contributed by atoms with Gasteiger partial charge >= 0.3 is 0 Å². The van der Waals surface area contributed by atoms with Crippen LogP contribution in [0, 0.1) is 0 Å². The van der Waals surface area contributed by atoms with Gasteiger partial charge in [0.1, 0.15) is 11.8 Å². The van der Waals surface area contributed by atoms with E-state index >= 15 is 0 Å². The van der Waals surface area contributed by atoms with Gasteiger partial charge in [-0.25, -0.2) is 0 Å². The van der Waals surface area contributed by atoms with Gasteiger partial charge in [-0.15, -0.1) is 0 Å². The Hall–Kier alpha value is -2.86. The van der Waals surface area contributed by atoms with Crippen molar-refractivity contribution in [2.24, 2.45) is 0 Å². The molecular formula is C20H23N3O3. The van der Waals surface area contributed by atoms with Crippen molar-refractivity contribution in [3.63, 3.8) is 0 Å². The number of rotatable bonds is 6. The topological polar surface area (TPSA) is 70.7 Å². The molecule has 1 aliphatic rings. The summed E-state index contributed by atoms with van der Waals surface area (Å²) in [6, 6.07) is 16.3. The van der Waals surface area contributed by atoms with Crippen LogP contribution in [0.15, 0.2) is 54.6 Å². The molecule has 2 aromatic carbocycles. The molecule has 136 valence electrons. The zero-order valence-corrected chi connectivity index (χ0v) is 14.8. The summed E-state index contributed by atoms with van der Waals surface area (Å²) in [4.78, 5) is 26.9. The first-order valence-electron chi connectivity index (χ1n) is 8.77. The van der Waals surface area contributed by atoms with Gasteiger partial charge in [0.15, 0.2) is 0 Å². The summed E-state index contributed by atoms with van der Waals surface area (Å²) < 4.78 is 5.59. The minimum absolute atomic E-state index is 0.0697. The van der Waals surface area contributed by atoms with Crippen LogP contribution in [0.1, 0.15) is 18.5 Å². The Kier molecular flexibility index (Phi) is 5.86. The quantitative estimate of drug-likeness (QED) is 0.835. The van der Waals surface area contributed by atoms with Gasteiger partial charge in [0.05, 0.1) is 18.8 Å². The van der Waals surface area contributed by atoms with Gasteiger partial charge in [0, 0.05) is 13.1 Å². The Morgan fingerprint density at radius 3 is 2.65 bits per heavy atom. The van der Waals surface area contributed by atoms with Gasteiger partial charge in [-0.2, -0.15) is 0 Å². The molecule has 0 saturated carbocycles. The predicted octanol–water partition coefficient (Wildman–Crippen LogP) is 2.20. The van der Waals surface area contributed by atoms with Gasteiger partial charge < -0.3 is 15.4 Å². The molecule has 2 amide bonds. The standard InChI is InChI=1S/C20H23N3O3/c1-2-26-17-11-7-6-10-16(17)22-20(25)19(15-8-4-3-5-9-15)23-13-12-21-18(24)14-23/h3-11,19H,2,12-14H2,1H3,(H,21,24)(H,22,25). The van der Waals surface area contributed by atoms with E-state index in [-0.39, 0.29) is 18.4 Å². The van der Waals surface area contributed by atoms with E-state index in [1.807, 2.05) is 66.4 Å². The predicted molar refractivity (Wildman–Crippen MR) is 100 cm³/mol. The van der Waals surface area contributed by atoms with Crippen LogP contribution in [0.4, 0.5) is 5.69 Å². The molecule has 0 aliphatic carbocycles. The number of nitrogens with zero attached hydrogens (tertiary/aromatic N) is 1. The van der Waals surface area contributed by atoms with Crippen LogP contribution in [0.25, 0.3) is 0 Å². The SMILES string of the molecule is CCOc1ccccc1NC(=O)C(c1ccccc1)N1CCNC(=O)C1. The second-order valence-corrected chi connectivity index (χ2v) is 6.05. The fourth-order valence-electron chi connectivity index (χ4n) is 3.09. The first-order chi connectivity index (χ1) is 12.7. The number of piperazine rings is 1. The number of hydrogen-bond acceptors (Lipinski definition) is 4. The molecule has 6 heteroatoms. The summed E-state index contributed by atoms with van der Waals surface area (Å²) >= 11 is 0. The minimum Gasteiger partial charge on any atom is -0.492 e. The Balaban J connectivity index is 1.87. The number of nitrogens with one attached hydrogen (secondary N) is 2. The third kappa shape index (κ3) is 4.21. The number of anilines is 1. The Labute approximate surface area is 153 Å². The number of carbonyl (C=O) groups excluding carboxylic acids is 2. The lowest BCUT2D eigenvalue weighted by molar-refractivity contribution is -0.128. The molecule has 0 spiro atoms. The highest BCUT2D eigenvalue weighted by Gasteiger charge is 2.31. The van der Waals surface area contributed by atoms with E-state index in [0.29, 0.717) is 31.1 Å². The van der Waals surface area contributed by atoms with E-state index < -0.39 is 6.04 Å². The molecule has 0 aromatic heterocycles. The average Bonchev–Trinajstić information content (AvgIpc) is 2.65. The highest BCUT2D eigenvalue weighted by Crippen LogP contribution is 2.28. The van der Waals surface area contributed by atoms with Crippen molar-refractivity contribution in [2.45, 2.75) is 13.0 Å². The molecule has 26 heavy (non-hydrogen) atoms. The Bertz CT molecular complexity index is 764. The monoisotopic (exact) mass is 353 g/mol. The van der Waals surface area contributed by atoms with Gasteiger partial charge in [-0.3, -0.25) is 14.5 Å². The zero-order valence-electron chi connectivity index (χ0n) is 14.8. The smallest absolute Gasteiger partial charge is 0.246 e. The summed E-state index contributed by atoms with van der Waals surface area (Å²) in [5, 5.41) is 5.77. The van der Waals surface area contributed by atoms with E-state index in [0.717, 1.165) is 5.56 Å². The van der Waals surface area contributed by atoms with Gasteiger partial charge in [-0.1, -0.05) is 42.5 Å². The van der Waals surface area contributed by atoms with Crippen LogP contribution in [-0.4, -0.2) is 43.0 Å². The second-order valence-electron chi connectivity index (χ2n) is 6.05. The fourth-order valence-corrected chi connectivity index (χ4v) is 3.09. The molecule has 0 bridgehead atoms. The van der Waals surface area contributed by atoms with Gasteiger partial charge in [0.25, 0.3) is 0 Å². The molecule has 6 nitrogen and oxygen atoms in total. The second kappa shape index (κ2) is 8.49. The number of ether oxygens (including phenoxy) is 1. The third-order valence-corrected chi connectivity index (χ3v) is 4.24. The molecule has 3 rings (SSSR count). The van der Waals surface area contributed by atoms with Gasteiger partial charge in [0.2, 0.25) is 11.8 Å². The zero-order chi connectivity index (χ0) is 18.4. The number of benzene rings is 2. The molecule has 0 radical (unpaired) electrons. The summed E-state index contributed by atoms with van der Waals surface area (Å²) in [5.41, 5.74) is 1.48. The van der Waals surface area contributed by atoms with Crippen LogP contribution < -0.4 is 15.4 Å². The van der Waals surface area contributed by atoms with Crippen molar-refractivity contribution in [2.75, 3.05) is 31.6 Å². The van der Waals surface area contributed by atoms with Crippen LogP contribution in [0.2, 0.25) is 0 Å². The highest BCUT2D eigenvalue weighted by atomic mass is 16.5. The Morgan fingerprint density at radius 1 is 1.19 bits per heavy atom. The molecule has 1 fully saturated rings. The van der Waals surface area contributed by atoms with Crippen molar-refractivity contribution in [3.05, 3.63) is 60.2 Å². The first kappa shape index (κ1) is 17.9. The summed E-state index contributed by atoms with van der Waals surface area (Å²) in [5.74, 6) is 0.379. The maximum atomic E-state index is 13.1. The van der Waals surface area contributed by atoms with E-state index in [9.17, 15) is 9.59 Å². The van der Waals surface area contributed by atoms with E-state index in [1.165, 1.54) is 0 Å². The molecule has 2 N–H and O–H groups in total. The van der Waals surface area contributed by atoms with Crippen molar-refractivity contribution in [3.8, 4) is 5.75 Å². The third-order valence-electron chi connectivity index (χ3n) is 4.24. The largest absolute Gasteiger partial charge is 0.492 e. The first-order valence-corrected chi connectivity index (χ1v) is 8.77. The van der Waals surface area contributed by atoms with E-state index in [2.05, 4.69) is 10.6 Å². The lowest BCUT2D eigenvalue weighted by Gasteiger charge is -2.33. The highest BCUT2D eigenvalue weighted by molar-refractivity contribution is 5.97. The molecule has 1 heterocycles. The van der Waals surface area contributed by atoms with E-state index in [1.54, 1.807) is 0 Å². The normalized spacial score (nSPS) is 15.8.